The van der Waals surface area contributed by atoms with Gasteiger partial charge in [-0.1, -0.05) is 11.8 Å². The molecule has 0 radical (unpaired) electrons. The quantitative estimate of drug-likeness (QED) is 0.743. The molecule has 7 heteroatoms. The second kappa shape index (κ2) is 7.01. The van der Waals surface area contributed by atoms with Gasteiger partial charge >= 0.3 is 0 Å². The number of nitrogens with one attached hydrogen (secondary N) is 3. The van der Waals surface area contributed by atoms with Gasteiger partial charge in [-0.25, -0.2) is 0 Å². The maximum atomic E-state index is 4.26. The zero-order valence-corrected chi connectivity index (χ0v) is 15.7. The van der Waals surface area contributed by atoms with Gasteiger partial charge in [0, 0.05) is 33.4 Å². The van der Waals surface area contributed by atoms with Crippen molar-refractivity contribution in [2.75, 3.05) is 23.1 Å². The largest absolute Gasteiger partial charge is 0.385 e. The van der Waals surface area contributed by atoms with Crippen molar-refractivity contribution in [2.45, 2.75) is 28.7 Å². The maximum absolute atomic E-state index is 4.26. The van der Waals surface area contributed by atoms with E-state index in [2.05, 4.69) is 64.3 Å². The molecule has 0 saturated heterocycles. The first-order valence-electron chi connectivity index (χ1n) is 8.07. The van der Waals surface area contributed by atoms with Gasteiger partial charge in [-0.05, 0) is 49.8 Å². The van der Waals surface area contributed by atoms with Gasteiger partial charge in [-0.2, -0.15) is 5.10 Å². The Morgan fingerprint density at radius 1 is 1.20 bits per heavy atom. The number of anilines is 2. The van der Waals surface area contributed by atoms with Crippen LogP contribution in [0, 0.1) is 0 Å². The molecule has 0 spiro atoms. The summed E-state index contributed by atoms with van der Waals surface area (Å²) in [4.78, 5) is 2.47. The molecule has 3 N–H and O–H groups in total. The van der Waals surface area contributed by atoms with Crippen LogP contribution in [-0.4, -0.2) is 22.6 Å². The number of nitrogens with zero attached hydrogens (tertiary/aromatic N) is 2. The molecule has 1 aromatic carbocycles. The molecular weight excluding hydrogens is 350 g/mol. The van der Waals surface area contributed by atoms with E-state index in [4.69, 9.17) is 0 Å². The van der Waals surface area contributed by atoms with Crippen LogP contribution in [0.25, 0.3) is 0 Å². The fourth-order valence-electron chi connectivity index (χ4n) is 2.67. The summed E-state index contributed by atoms with van der Waals surface area (Å²) in [5.74, 6) is 0.943. The maximum Gasteiger partial charge on any atom is 0.126 e. The van der Waals surface area contributed by atoms with Crippen molar-refractivity contribution in [3.63, 3.8) is 0 Å². The first-order valence-corrected chi connectivity index (χ1v) is 9.88. The molecule has 0 amide bonds. The number of allylic oxidation sites excluding steroid dienone is 2. The average Bonchev–Trinajstić information content (AvgIpc) is 3.06. The average molecular weight is 370 g/mol. The Morgan fingerprint density at radius 2 is 2.12 bits per heavy atom. The standard InChI is InChI=1S/C18H19N5S2/c1-11-8-19-12(2)5-16(11)22-13-6-18(23-21-9-13)25-14-3-4-15-17(7-14)24-10-20-15/h3-7,9,19-20H,8,10H2,1-2H3,(H,22,23). The molecule has 2 aliphatic heterocycles. The van der Waals surface area contributed by atoms with Gasteiger partial charge in [0.05, 0.1) is 17.8 Å². The molecule has 0 fully saturated rings. The first kappa shape index (κ1) is 16.4. The molecule has 0 saturated carbocycles. The summed E-state index contributed by atoms with van der Waals surface area (Å²) in [5.41, 5.74) is 5.73. The number of aromatic nitrogens is 2. The van der Waals surface area contributed by atoms with Gasteiger partial charge in [-0.15, -0.1) is 16.9 Å². The summed E-state index contributed by atoms with van der Waals surface area (Å²) in [6, 6.07) is 8.50. The van der Waals surface area contributed by atoms with Crippen LogP contribution in [0.4, 0.5) is 11.4 Å². The molecule has 0 bridgehead atoms. The smallest absolute Gasteiger partial charge is 0.126 e. The molecule has 2 aliphatic rings. The fourth-order valence-corrected chi connectivity index (χ4v) is 4.46. The van der Waals surface area contributed by atoms with Crippen molar-refractivity contribution < 1.29 is 0 Å². The van der Waals surface area contributed by atoms with E-state index in [9.17, 15) is 0 Å². The lowest BCUT2D eigenvalue weighted by atomic mass is 10.1. The monoisotopic (exact) mass is 369 g/mol. The van der Waals surface area contributed by atoms with Gasteiger partial charge in [0.1, 0.15) is 5.03 Å². The van der Waals surface area contributed by atoms with E-state index in [-0.39, 0.29) is 0 Å². The summed E-state index contributed by atoms with van der Waals surface area (Å²) >= 11 is 3.46. The highest BCUT2D eigenvalue weighted by molar-refractivity contribution is 8.00. The molecule has 5 nitrogen and oxygen atoms in total. The van der Waals surface area contributed by atoms with Crippen LogP contribution in [0.15, 0.2) is 68.3 Å². The van der Waals surface area contributed by atoms with E-state index < -0.39 is 0 Å². The number of thioether (sulfide) groups is 1. The highest BCUT2D eigenvalue weighted by Crippen LogP contribution is 2.38. The van der Waals surface area contributed by atoms with Crippen LogP contribution in [0.2, 0.25) is 0 Å². The molecule has 3 heterocycles. The summed E-state index contributed by atoms with van der Waals surface area (Å²) in [7, 11) is 0. The van der Waals surface area contributed by atoms with E-state index in [0.29, 0.717) is 0 Å². The van der Waals surface area contributed by atoms with Crippen LogP contribution in [0.5, 0.6) is 0 Å². The SMILES string of the molecule is CC1=CC(Nc2cnnc(Sc3ccc4c(c3)SCN4)c2)=C(C)CN1. The number of fused-ring (bicyclic) bond motifs is 1. The highest BCUT2D eigenvalue weighted by atomic mass is 32.2. The molecule has 0 atom stereocenters. The van der Waals surface area contributed by atoms with E-state index in [1.165, 1.54) is 21.1 Å². The molecule has 25 heavy (non-hydrogen) atoms. The summed E-state index contributed by atoms with van der Waals surface area (Å²) in [5, 5.41) is 19.4. The Balaban J connectivity index is 1.52. The summed E-state index contributed by atoms with van der Waals surface area (Å²) < 4.78 is 0. The first-order chi connectivity index (χ1) is 12.2. The number of benzene rings is 1. The lowest BCUT2D eigenvalue weighted by Gasteiger charge is -2.19. The molecule has 0 aliphatic carbocycles. The summed E-state index contributed by atoms with van der Waals surface area (Å²) in [6.45, 7) is 5.06. The second-order valence-corrected chi connectivity index (χ2v) is 8.12. The normalized spacial score (nSPS) is 16.0. The van der Waals surface area contributed by atoms with Crippen LogP contribution in [-0.2, 0) is 0 Å². The van der Waals surface area contributed by atoms with Crippen molar-refractivity contribution in [3.05, 3.63) is 53.5 Å². The van der Waals surface area contributed by atoms with Crippen molar-refractivity contribution in [3.8, 4) is 0 Å². The molecule has 0 unspecified atom stereocenters. The molecule has 2 aromatic rings. The fraction of sp³-hybridized carbons (Fsp3) is 0.222. The Labute approximate surface area is 155 Å². The van der Waals surface area contributed by atoms with Crippen LogP contribution >= 0.6 is 23.5 Å². The Bertz CT molecular complexity index is 876. The minimum atomic E-state index is 0.867. The third-order valence-corrected chi connectivity index (χ3v) is 5.87. The van der Waals surface area contributed by atoms with Crippen LogP contribution in [0.1, 0.15) is 13.8 Å². The Hall–Kier alpha value is -2.12. The third-order valence-electron chi connectivity index (χ3n) is 4.03. The Kier molecular flexibility index (Phi) is 4.59. The molecular formula is C18H19N5S2. The minimum Gasteiger partial charge on any atom is -0.385 e. The number of dihydropyridines is 1. The predicted octanol–water partition coefficient (Wildman–Crippen LogP) is 4.30. The lowest BCUT2D eigenvalue weighted by molar-refractivity contribution is 0.840. The molecule has 128 valence electrons. The van der Waals surface area contributed by atoms with Crippen LogP contribution in [0.3, 0.4) is 0 Å². The van der Waals surface area contributed by atoms with Gasteiger partial charge in [-0.3, -0.25) is 0 Å². The third kappa shape index (κ3) is 3.77. The van der Waals surface area contributed by atoms with Gasteiger partial charge < -0.3 is 16.0 Å². The highest BCUT2D eigenvalue weighted by Gasteiger charge is 2.12. The Morgan fingerprint density at radius 3 is 3.04 bits per heavy atom. The van der Waals surface area contributed by atoms with E-state index in [1.807, 2.05) is 17.8 Å². The summed E-state index contributed by atoms with van der Waals surface area (Å²) in [6.07, 6.45) is 3.88. The zero-order valence-electron chi connectivity index (χ0n) is 14.1. The van der Waals surface area contributed by atoms with Gasteiger partial charge in [0.15, 0.2) is 0 Å². The lowest BCUT2D eigenvalue weighted by Crippen LogP contribution is -2.21. The minimum absolute atomic E-state index is 0.867. The topological polar surface area (TPSA) is 61.9 Å². The van der Waals surface area contributed by atoms with Crippen molar-refractivity contribution in [1.29, 1.82) is 0 Å². The van der Waals surface area contributed by atoms with Gasteiger partial charge in [0.2, 0.25) is 0 Å². The van der Waals surface area contributed by atoms with Crippen molar-refractivity contribution in [2.24, 2.45) is 0 Å². The van der Waals surface area contributed by atoms with Crippen molar-refractivity contribution >= 4 is 34.9 Å². The van der Waals surface area contributed by atoms with E-state index >= 15 is 0 Å². The zero-order chi connectivity index (χ0) is 17.2. The molecule has 1 aromatic heterocycles. The number of rotatable bonds is 4. The van der Waals surface area contributed by atoms with Crippen molar-refractivity contribution in [1.82, 2.24) is 15.5 Å². The predicted molar refractivity (Wildman–Crippen MR) is 105 cm³/mol. The van der Waals surface area contributed by atoms with E-state index in [1.54, 1.807) is 18.0 Å². The number of hydrogen-bond donors (Lipinski definition) is 3. The van der Waals surface area contributed by atoms with E-state index in [0.717, 1.165) is 34.5 Å². The van der Waals surface area contributed by atoms with Crippen LogP contribution < -0.4 is 16.0 Å². The number of hydrogen-bond acceptors (Lipinski definition) is 7. The second-order valence-electron chi connectivity index (χ2n) is 6.01. The molecule has 4 rings (SSSR count). The van der Waals surface area contributed by atoms with Gasteiger partial charge in [0.25, 0.3) is 0 Å².